The minimum Gasteiger partial charge on any atom is -0.496 e. The maximum Gasteiger partial charge on any atom is 0.264 e. The highest BCUT2D eigenvalue weighted by Crippen LogP contribution is 2.42. The summed E-state index contributed by atoms with van der Waals surface area (Å²) in [5.74, 6) is 0.467. The molecular formula is C31H33ClN4O3S. The largest absolute Gasteiger partial charge is 0.496 e. The molecule has 5 rings (SSSR count). The van der Waals surface area contributed by atoms with Crippen LogP contribution in [0.2, 0.25) is 5.02 Å². The van der Waals surface area contributed by atoms with Gasteiger partial charge in [-0.25, -0.2) is 0 Å². The van der Waals surface area contributed by atoms with Crippen LogP contribution in [0.15, 0.2) is 76.5 Å². The first kappa shape index (κ1) is 28.1. The molecule has 0 radical (unpaired) electrons. The zero-order chi connectivity index (χ0) is 28.1. The van der Waals surface area contributed by atoms with Crippen molar-refractivity contribution in [1.29, 1.82) is 0 Å². The van der Waals surface area contributed by atoms with E-state index in [4.69, 9.17) is 16.3 Å². The number of carbonyl (C=O) groups excluding carboxylic acids is 2. The number of ether oxygens (including phenoxy) is 1. The number of halogens is 1. The fourth-order valence-corrected chi connectivity index (χ4v) is 6.24. The number of carbonyl (C=O) groups is 2. The van der Waals surface area contributed by atoms with E-state index in [1.807, 2.05) is 60.7 Å². The first-order valence-corrected chi connectivity index (χ1v) is 14.6. The molecule has 3 aromatic carbocycles. The van der Waals surface area contributed by atoms with Crippen molar-refractivity contribution in [2.75, 3.05) is 63.2 Å². The molecule has 0 atom stereocenters. The van der Waals surface area contributed by atoms with Crippen LogP contribution >= 0.6 is 23.4 Å². The Morgan fingerprint density at radius 1 is 1.05 bits per heavy atom. The smallest absolute Gasteiger partial charge is 0.264 e. The van der Waals surface area contributed by atoms with Crippen LogP contribution in [0.3, 0.4) is 0 Å². The summed E-state index contributed by atoms with van der Waals surface area (Å²) in [5.41, 5.74) is 3.29. The number of methoxy groups -OCH3 is 1. The van der Waals surface area contributed by atoms with Crippen molar-refractivity contribution in [2.24, 2.45) is 0 Å². The molecule has 208 valence electrons. The van der Waals surface area contributed by atoms with Gasteiger partial charge in [0.1, 0.15) is 5.75 Å². The third-order valence-electron chi connectivity index (χ3n) is 7.23. The fraction of sp³-hybridized carbons (Fsp3) is 0.290. The summed E-state index contributed by atoms with van der Waals surface area (Å²) in [7, 11) is 3.36. The molecular weight excluding hydrogens is 544 g/mol. The highest BCUT2D eigenvalue weighted by atomic mass is 35.5. The number of likely N-dealkylation sites (N-methyl/N-ethyl adjacent to an activating group) is 1. The van der Waals surface area contributed by atoms with E-state index in [1.54, 1.807) is 25.1 Å². The molecule has 1 saturated heterocycles. The quantitative estimate of drug-likeness (QED) is 0.286. The molecule has 9 heteroatoms. The van der Waals surface area contributed by atoms with Gasteiger partial charge in [0.25, 0.3) is 11.8 Å². The van der Waals surface area contributed by atoms with E-state index < -0.39 is 0 Å². The molecule has 1 fully saturated rings. The normalized spacial score (nSPS) is 16.7. The van der Waals surface area contributed by atoms with Crippen LogP contribution in [0, 0.1) is 0 Å². The number of nitrogens with zero attached hydrogens (tertiary/aromatic N) is 3. The van der Waals surface area contributed by atoms with Gasteiger partial charge < -0.3 is 19.9 Å². The van der Waals surface area contributed by atoms with E-state index >= 15 is 0 Å². The maximum atomic E-state index is 13.1. The third kappa shape index (κ3) is 6.46. The van der Waals surface area contributed by atoms with Gasteiger partial charge in [0, 0.05) is 66.5 Å². The van der Waals surface area contributed by atoms with Crippen molar-refractivity contribution in [1.82, 2.24) is 10.2 Å². The maximum absolute atomic E-state index is 13.1. The highest BCUT2D eigenvalue weighted by molar-refractivity contribution is 8.04. The van der Waals surface area contributed by atoms with Crippen molar-refractivity contribution >= 4 is 52.6 Å². The summed E-state index contributed by atoms with van der Waals surface area (Å²) in [4.78, 5) is 34.0. The Balaban J connectivity index is 1.12. The zero-order valence-electron chi connectivity index (χ0n) is 22.7. The molecule has 2 aliphatic heterocycles. The van der Waals surface area contributed by atoms with Gasteiger partial charge in [0.05, 0.1) is 17.7 Å². The third-order valence-corrected chi connectivity index (χ3v) is 8.54. The number of anilines is 2. The number of para-hydroxylation sites is 1. The Labute approximate surface area is 244 Å². The second-order valence-electron chi connectivity index (χ2n) is 9.82. The Morgan fingerprint density at radius 3 is 2.62 bits per heavy atom. The minimum atomic E-state index is -0.130. The molecule has 0 aromatic heterocycles. The van der Waals surface area contributed by atoms with Crippen LogP contribution in [0.4, 0.5) is 11.4 Å². The molecule has 2 heterocycles. The van der Waals surface area contributed by atoms with Crippen molar-refractivity contribution < 1.29 is 14.3 Å². The predicted octanol–water partition coefficient (Wildman–Crippen LogP) is 5.40. The Morgan fingerprint density at radius 2 is 1.85 bits per heavy atom. The average Bonchev–Trinajstić information content (AvgIpc) is 2.98. The van der Waals surface area contributed by atoms with Gasteiger partial charge in [0.15, 0.2) is 0 Å². The molecule has 0 spiro atoms. The van der Waals surface area contributed by atoms with Gasteiger partial charge in [-0.15, -0.1) is 0 Å². The van der Waals surface area contributed by atoms with Crippen LogP contribution in [-0.4, -0.2) is 70.1 Å². The number of benzene rings is 3. The minimum absolute atomic E-state index is 0.114. The molecule has 1 N–H and O–H groups in total. The number of fused-ring (bicyclic) bond motifs is 1. The lowest BCUT2D eigenvalue weighted by Gasteiger charge is -2.36. The monoisotopic (exact) mass is 576 g/mol. The van der Waals surface area contributed by atoms with E-state index in [0.29, 0.717) is 22.8 Å². The summed E-state index contributed by atoms with van der Waals surface area (Å²) < 4.78 is 5.43. The summed E-state index contributed by atoms with van der Waals surface area (Å²) in [6.07, 6.45) is 2.72. The summed E-state index contributed by atoms with van der Waals surface area (Å²) in [6.45, 7) is 5.42. The molecule has 0 saturated carbocycles. The van der Waals surface area contributed by atoms with Gasteiger partial charge in [-0.1, -0.05) is 47.6 Å². The lowest BCUT2D eigenvalue weighted by Crippen LogP contribution is -2.47. The first-order valence-electron chi connectivity index (χ1n) is 13.4. The first-order chi connectivity index (χ1) is 19.4. The second kappa shape index (κ2) is 12.8. The van der Waals surface area contributed by atoms with Gasteiger partial charge >= 0.3 is 0 Å². The van der Waals surface area contributed by atoms with Gasteiger partial charge in [-0.2, -0.15) is 0 Å². The van der Waals surface area contributed by atoms with Crippen LogP contribution in [0.5, 0.6) is 5.75 Å². The Bertz CT molecular complexity index is 1420. The average molecular weight is 577 g/mol. The molecule has 0 aliphatic carbocycles. The van der Waals surface area contributed by atoms with Crippen molar-refractivity contribution in [3.8, 4) is 5.75 Å². The van der Waals surface area contributed by atoms with Crippen LogP contribution < -0.4 is 19.9 Å². The van der Waals surface area contributed by atoms with Gasteiger partial charge in [-0.3, -0.25) is 14.5 Å². The lowest BCUT2D eigenvalue weighted by molar-refractivity contribution is -0.114. The molecule has 3 aromatic rings. The topological polar surface area (TPSA) is 65.1 Å². The number of rotatable bonds is 8. The Kier molecular flexibility index (Phi) is 8.99. The Hall–Kier alpha value is -3.46. The molecule has 0 bridgehead atoms. The molecule has 0 unspecified atom stereocenters. The van der Waals surface area contributed by atoms with Crippen LogP contribution in [-0.2, 0) is 4.79 Å². The fourth-order valence-electron chi connectivity index (χ4n) is 4.97. The number of nitrogens with one attached hydrogen (secondary N) is 1. The number of amides is 2. The van der Waals surface area contributed by atoms with E-state index in [2.05, 4.69) is 21.2 Å². The van der Waals surface area contributed by atoms with E-state index in [9.17, 15) is 9.59 Å². The number of piperazine rings is 1. The van der Waals surface area contributed by atoms with E-state index in [-0.39, 0.29) is 11.8 Å². The SMILES string of the molecule is COc1ccccc1C=C1Sc2ccc(C(=O)NCCCN3CCN(c4cccc(Cl)c4)CC3)cc2N(C)C1=O. The molecule has 2 aliphatic rings. The summed E-state index contributed by atoms with van der Waals surface area (Å²) in [6, 6.07) is 21.1. The van der Waals surface area contributed by atoms with Crippen molar-refractivity contribution in [3.63, 3.8) is 0 Å². The van der Waals surface area contributed by atoms with E-state index in [1.165, 1.54) is 17.4 Å². The standard InChI is InChI=1S/C31H33ClN4O3S/c1-34-26-19-23(11-12-28(26)40-29(31(34)38)20-22-7-3-4-10-27(22)39-2)30(37)33-13-6-14-35-15-17-36(18-16-35)25-9-5-8-24(32)21-25/h3-5,7-12,19-21H,6,13-18H2,1-2H3,(H,33,37). The predicted molar refractivity (Wildman–Crippen MR) is 164 cm³/mol. The highest BCUT2D eigenvalue weighted by Gasteiger charge is 2.27. The second-order valence-corrected chi connectivity index (χ2v) is 11.3. The lowest BCUT2D eigenvalue weighted by atomic mass is 10.1. The zero-order valence-corrected chi connectivity index (χ0v) is 24.3. The number of hydrogen-bond donors (Lipinski definition) is 1. The van der Waals surface area contributed by atoms with Crippen molar-refractivity contribution in [3.05, 3.63) is 87.8 Å². The molecule has 2 amide bonds. The van der Waals surface area contributed by atoms with Gasteiger partial charge in [-0.05, 0) is 61.5 Å². The summed E-state index contributed by atoms with van der Waals surface area (Å²) >= 11 is 7.55. The number of hydrogen-bond acceptors (Lipinski definition) is 6. The summed E-state index contributed by atoms with van der Waals surface area (Å²) in [5, 5.41) is 3.80. The number of thioether (sulfide) groups is 1. The van der Waals surface area contributed by atoms with E-state index in [0.717, 1.165) is 60.3 Å². The molecule has 7 nitrogen and oxygen atoms in total. The van der Waals surface area contributed by atoms with Gasteiger partial charge in [0.2, 0.25) is 0 Å². The van der Waals surface area contributed by atoms with Crippen LogP contribution in [0.1, 0.15) is 22.3 Å². The molecule has 40 heavy (non-hydrogen) atoms. The van der Waals surface area contributed by atoms with Crippen molar-refractivity contribution in [2.45, 2.75) is 11.3 Å². The van der Waals surface area contributed by atoms with Crippen LogP contribution in [0.25, 0.3) is 6.08 Å².